The molecule has 1 aromatic carbocycles. The number of halogens is 1. The fourth-order valence-corrected chi connectivity index (χ4v) is 1.79. The second kappa shape index (κ2) is 4.19. The number of aliphatic hydroxyl groups is 1. The first kappa shape index (κ1) is 11.0. The molecule has 1 heterocycles. The van der Waals surface area contributed by atoms with Gasteiger partial charge in [0.15, 0.2) is 0 Å². The van der Waals surface area contributed by atoms with Crippen molar-refractivity contribution in [3.63, 3.8) is 0 Å². The van der Waals surface area contributed by atoms with E-state index in [1.165, 1.54) is 12.1 Å². The standard InChI is InChI=1S/C11H14FN3O/c1-15-10-3-2-7(12)6-9(10)14-11(15)8(13)4-5-16/h2-3,6,8,16H,4-5,13H2,1H3. The second-order valence-electron chi connectivity index (χ2n) is 3.78. The van der Waals surface area contributed by atoms with Crippen LogP contribution in [0.4, 0.5) is 4.39 Å². The van der Waals surface area contributed by atoms with Crippen molar-refractivity contribution in [1.29, 1.82) is 0 Å². The number of hydrogen-bond donors (Lipinski definition) is 2. The molecule has 0 aliphatic carbocycles. The van der Waals surface area contributed by atoms with E-state index in [1.807, 2.05) is 11.6 Å². The molecule has 0 saturated carbocycles. The molecule has 0 aliphatic heterocycles. The summed E-state index contributed by atoms with van der Waals surface area (Å²) in [5.41, 5.74) is 7.30. The zero-order chi connectivity index (χ0) is 11.7. The molecule has 5 heteroatoms. The highest BCUT2D eigenvalue weighted by atomic mass is 19.1. The number of benzene rings is 1. The van der Waals surface area contributed by atoms with Gasteiger partial charge in [0, 0.05) is 19.7 Å². The number of aliphatic hydroxyl groups excluding tert-OH is 1. The number of nitrogens with zero attached hydrogens (tertiary/aromatic N) is 2. The monoisotopic (exact) mass is 223 g/mol. The minimum atomic E-state index is -0.328. The molecule has 0 spiro atoms. The van der Waals surface area contributed by atoms with Gasteiger partial charge >= 0.3 is 0 Å². The van der Waals surface area contributed by atoms with Crippen LogP contribution in [0.5, 0.6) is 0 Å². The van der Waals surface area contributed by atoms with Crippen LogP contribution in [0.1, 0.15) is 18.3 Å². The van der Waals surface area contributed by atoms with Gasteiger partial charge in [0.2, 0.25) is 0 Å². The Morgan fingerprint density at radius 2 is 2.31 bits per heavy atom. The summed E-state index contributed by atoms with van der Waals surface area (Å²) < 4.78 is 14.8. The summed E-state index contributed by atoms with van der Waals surface area (Å²) in [4.78, 5) is 4.28. The molecule has 0 bridgehead atoms. The van der Waals surface area contributed by atoms with Gasteiger partial charge in [0.25, 0.3) is 0 Å². The number of fused-ring (bicyclic) bond motifs is 1. The highest BCUT2D eigenvalue weighted by Crippen LogP contribution is 2.20. The average Bonchev–Trinajstić information content (AvgIpc) is 2.56. The first-order chi connectivity index (χ1) is 7.63. The summed E-state index contributed by atoms with van der Waals surface area (Å²) in [6, 6.07) is 4.12. The van der Waals surface area contributed by atoms with Gasteiger partial charge in [0.05, 0.1) is 17.1 Å². The summed E-state index contributed by atoms with van der Waals surface area (Å²) in [5, 5.41) is 8.83. The maximum absolute atomic E-state index is 13.0. The van der Waals surface area contributed by atoms with Crippen LogP contribution in [0.25, 0.3) is 11.0 Å². The van der Waals surface area contributed by atoms with E-state index in [9.17, 15) is 4.39 Å². The predicted molar refractivity (Wildman–Crippen MR) is 59.3 cm³/mol. The number of nitrogens with two attached hydrogens (primary N) is 1. The van der Waals surface area contributed by atoms with Crippen LogP contribution in [0.15, 0.2) is 18.2 Å². The lowest BCUT2D eigenvalue weighted by Gasteiger charge is -2.09. The number of aryl methyl sites for hydroxylation is 1. The summed E-state index contributed by atoms with van der Waals surface area (Å²) in [6.45, 7) is 0.0126. The molecule has 0 saturated heterocycles. The first-order valence-corrected chi connectivity index (χ1v) is 5.12. The molecule has 3 N–H and O–H groups in total. The fraction of sp³-hybridized carbons (Fsp3) is 0.364. The maximum atomic E-state index is 13.0. The molecule has 4 nitrogen and oxygen atoms in total. The van der Waals surface area contributed by atoms with Gasteiger partial charge in [-0.25, -0.2) is 9.37 Å². The lowest BCUT2D eigenvalue weighted by Crippen LogP contribution is -2.16. The van der Waals surface area contributed by atoms with Crippen LogP contribution < -0.4 is 5.73 Å². The number of rotatable bonds is 3. The Morgan fingerprint density at radius 1 is 1.56 bits per heavy atom. The van der Waals surface area contributed by atoms with Gasteiger partial charge in [0.1, 0.15) is 11.6 Å². The number of aromatic nitrogens is 2. The minimum Gasteiger partial charge on any atom is -0.396 e. The Hall–Kier alpha value is -1.46. The van der Waals surface area contributed by atoms with Crippen molar-refractivity contribution >= 4 is 11.0 Å². The van der Waals surface area contributed by atoms with Crippen LogP contribution >= 0.6 is 0 Å². The van der Waals surface area contributed by atoms with Gasteiger partial charge < -0.3 is 15.4 Å². The van der Waals surface area contributed by atoms with Gasteiger partial charge in [-0.05, 0) is 18.6 Å². The Kier molecular flexibility index (Phi) is 2.89. The zero-order valence-electron chi connectivity index (χ0n) is 9.02. The fourth-order valence-electron chi connectivity index (χ4n) is 1.79. The van der Waals surface area contributed by atoms with Crippen molar-refractivity contribution in [3.8, 4) is 0 Å². The molecular formula is C11H14FN3O. The van der Waals surface area contributed by atoms with Crippen molar-refractivity contribution in [3.05, 3.63) is 29.8 Å². The van der Waals surface area contributed by atoms with Crippen LogP contribution in [-0.4, -0.2) is 21.3 Å². The number of imidazole rings is 1. The molecule has 0 aliphatic rings. The predicted octanol–water partition coefficient (Wildman–Crippen LogP) is 1.09. The third-order valence-electron chi connectivity index (χ3n) is 2.65. The first-order valence-electron chi connectivity index (χ1n) is 5.12. The normalized spacial score (nSPS) is 13.2. The summed E-state index contributed by atoms with van der Waals surface area (Å²) >= 11 is 0. The van der Waals surface area contributed by atoms with E-state index in [4.69, 9.17) is 10.8 Å². The quantitative estimate of drug-likeness (QED) is 0.818. The Morgan fingerprint density at radius 3 is 3.00 bits per heavy atom. The van der Waals surface area contributed by atoms with Gasteiger partial charge in [-0.15, -0.1) is 0 Å². The molecule has 0 radical (unpaired) electrons. The SMILES string of the molecule is Cn1c(C(N)CCO)nc2cc(F)ccc21. The summed E-state index contributed by atoms with van der Waals surface area (Å²) in [5.74, 6) is 0.350. The molecule has 1 unspecified atom stereocenters. The lowest BCUT2D eigenvalue weighted by atomic mass is 10.2. The smallest absolute Gasteiger partial charge is 0.126 e. The van der Waals surface area contributed by atoms with E-state index in [1.54, 1.807) is 6.07 Å². The largest absolute Gasteiger partial charge is 0.396 e. The molecule has 0 fully saturated rings. The maximum Gasteiger partial charge on any atom is 0.126 e. The van der Waals surface area contributed by atoms with Crippen molar-refractivity contribution < 1.29 is 9.50 Å². The average molecular weight is 223 g/mol. The Bertz CT molecular complexity index is 509. The van der Waals surface area contributed by atoms with Crippen molar-refractivity contribution in [2.45, 2.75) is 12.5 Å². The third kappa shape index (κ3) is 1.79. The van der Waals surface area contributed by atoms with E-state index in [2.05, 4.69) is 4.98 Å². The summed E-state index contributed by atoms with van der Waals surface area (Å²) in [6.07, 6.45) is 0.444. The number of hydrogen-bond acceptors (Lipinski definition) is 3. The van der Waals surface area contributed by atoms with Crippen LogP contribution in [0, 0.1) is 5.82 Å². The van der Waals surface area contributed by atoms with Gasteiger partial charge in [-0.3, -0.25) is 0 Å². The van der Waals surface area contributed by atoms with Gasteiger partial charge in [-0.2, -0.15) is 0 Å². The van der Waals surface area contributed by atoms with E-state index < -0.39 is 0 Å². The van der Waals surface area contributed by atoms with Crippen LogP contribution in [-0.2, 0) is 7.05 Å². The zero-order valence-corrected chi connectivity index (χ0v) is 9.02. The molecule has 86 valence electrons. The van der Waals surface area contributed by atoms with E-state index >= 15 is 0 Å². The molecule has 0 amide bonds. The molecule has 1 aromatic heterocycles. The molecular weight excluding hydrogens is 209 g/mol. The van der Waals surface area contributed by atoms with Gasteiger partial charge in [-0.1, -0.05) is 0 Å². The molecule has 2 rings (SSSR count). The molecule has 16 heavy (non-hydrogen) atoms. The van der Waals surface area contributed by atoms with Crippen molar-refractivity contribution in [2.24, 2.45) is 12.8 Å². The van der Waals surface area contributed by atoms with E-state index in [0.29, 0.717) is 17.8 Å². The molecule has 2 aromatic rings. The van der Waals surface area contributed by atoms with E-state index in [0.717, 1.165) is 5.52 Å². The second-order valence-corrected chi connectivity index (χ2v) is 3.78. The summed E-state index contributed by atoms with van der Waals surface area (Å²) in [7, 11) is 1.83. The topological polar surface area (TPSA) is 64.1 Å². The van der Waals surface area contributed by atoms with E-state index in [-0.39, 0.29) is 18.5 Å². The Labute approximate surface area is 92.5 Å². The highest BCUT2D eigenvalue weighted by Gasteiger charge is 2.14. The minimum absolute atomic E-state index is 0.0126. The lowest BCUT2D eigenvalue weighted by molar-refractivity contribution is 0.274. The van der Waals surface area contributed by atoms with Crippen molar-refractivity contribution in [2.75, 3.05) is 6.61 Å². The third-order valence-corrected chi connectivity index (χ3v) is 2.65. The Balaban J connectivity index is 2.51. The van der Waals surface area contributed by atoms with Crippen molar-refractivity contribution in [1.82, 2.24) is 9.55 Å². The van der Waals surface area contributed by atoms with Crippen LogP contribution in [0.3, 0.4) is 0 Å². The highest BCUT2D eigenvalue weighted by molar-refractivity contribution is 5.76. The molecule has 1 atom stereocenters. The van der Waals surface area contributed by atoms with Crippen LogP contribution in [0.2, 0.25) is 0 Å².